The van der Waals surface area contributed by atoms with Crippen molar-refractivity contribution in [3.8, 4) is 17.6 Å². The van der Waals surface area contributed by atoms with Gasteiger partial charge in [-0.2, -0.15) is 5.26 Å². The van der Waals surface area contributed by atoms with Crippen molar-refractivity contribution in [2.24, 2.45) is 0 Å². The quantitative estimate of drug-likeness (QED) is 0.460. The van der Waals surface area contributed by atoms with E-state index in [-0.39, 0.29) is 5.69 Å². The van der Waals surface area contributed by atoms with E-state index in [0.29, 0.717) is 23.9 Å². The summed E-state index contributed by atoms with van der Waals surface area (Å²) in [5.74, 6) is 1.78. The average Bonchev–Trinajstić information content (AvgIpc) is 3.21. The van der Waals surface area contributed by atoms with E-state index in [4.69, 9.17) is 9.47 Å². The smallest absolute Gasteiger partial charge is 0.146 e. The molecule has 0 spiro atoms. The molecule has 0 fully saturated rings. The summed E-state index contributed by atoms with van der Waals surface area (Å²) in [6.07, 6.45) is 2.75. The van der Waals surface area contributed by atoms with Crippen LogP contribution < -0.4 is 10.1 Å². The number of fused-ring (bicyclic) bond motifs is 1. The standard InChI is InChI=1S/C23H20N4O2/c1-28-11-9-16-2-6-20(7-3-16)29-21-12-19(15-24)27-23(14-21)26-18-5-4-17-8-10-25-22(17)13-18/h2-8,10,12-14,25H,9,11H2,1H3,(H,26,27). The SMILES string of the molecule is COCCc1ccc(Oc2cc(C#N)nc(Nc3ccc4cc[nH]c4c3)c2)cc1. The van der Waals surface area contributed by atoms with E-state index >= 15 is 0 Å². The number of aromatic amines is 1. The first-order valence-electron chi connectivity index (χ1n) is 9.25. The lowest BCUT2D eigenvalue weighted by atomic mass is 10.1. The fourth-order valence-corrected chi connectivity index (χ4v) is 3.04. The Balaban J connectivity index is 1.54. The van der Waals surface area contributed by atoms with Gasteiger partial charge in [0.25, 0.3) is 0 Å². The minimum absolute atomic E-state index is 0.280. The predicted octanol–water partition coefficient (Wildman–Crippen LogP) is 5.16. The second-order valence-corrected chi connectivity index (χ2v) is 6.58. The topological polar surface area (TPSA) is 83.0 Å². The number of benzene rings is 2. The molecule has 6 nitrogen and oxygen atoms in total. The van der Waals surface area contributed by atoms with Crippen LogP contribution in [-0.4, -0.2) is 23.7 Å². The minimum Gasteiger partial charge on any atom is -0.457 e. The Labute approximate surface area is 168 Å². The number of hydrogen-bond donors (Lipinski definition) is 2. The zero-order valence-corrected chi connectivity index (χ0v) is 16.0. The van der Waals surface area contributed by atoms with Crippen LogP contribution in [0, 0.1) is 11.3 Å². The maximum Gasteiger partial charge on any atom is 0.146 e. The highest BCUT2D eigenvalue weighted by molar-refractivity contribution is 5.83. The summed E-state index contributed by atoms with van der Waals surface area (Å²) in [5.41, 5.74) is 3.35. The molecule has 0 amide bonds. The van der Waals surface area contributed by atoms with E-state index in [1.807, 2.05) is 54.7 Å². The molecule has 0 saturated carbocycles. The molecular weight excluding hydrogens is 364 g/mol. The molecule has 2 heterocycles. The van der Waals surface area contributed by atoms with Crippen LogP contribution in [-0.2, 0) is 11.2 Å². The van der Waals surface area contributed by atoms with Crippen LogP contribution in [0.1, 0.15) is 11.3 Å². The van der Waals surface area contributed by atoms with Gasteiger partial charge in [0, 0.05) is 36.6 Å². The van der Waals surface area contributed by atoms with Crippen molar-refractivity contribution in [1.29, 1.82) is 5.26 Å². The van der Waals surface area contributed by atoms with E-state index in [1.54, 1.807) is 19.2 Å². The fourth-order valence-electron chi connectivity index (χ4n) is 3.04. The Bertz CT molecular complexity index is 1160. The number of pyridine rings is 1. The summed E-state index contributed by atoms with van der Waals surface area (Å²) in [6, 6.07) is 21.3. The van der Waals surface area contributed by atoms with Crippen LogP contribution in [0.2, 0.25) is 0 Å². The van der Waals surface area contributed by atoms with Crippen LogP contribution in [0.3, 0.4) is 0 Å². The number of rotatable bonds is 7. The third-order valence-electron chi connectivity index (χ3n) is 4.49. The van der Waals surface area contributed by atoms with Crippen molar-refractivity contribution >= 4 is 22.4 Å². The monoisotopic (exact) mass is 384 g/mol. The molecule has 0 atom stereocenters. The van der Waals surface area contributed by atoms with Gasteiger partial charge in [0.1, 0.15) is 29.1 Å². The Kier molecular flexibility index (Phi) is 5.41. The summed E-state index contributed by atoms with van der Waals surface area (Å²) < 4.78 is 11.0. The number of methoxy groups -OCH3 is 1. The molecule has 29 heavy (non-hydrogen) atoms. The highest BCUT2D eigenvalue weighted by atomic mass is 16.5. The van der Waals surface area contributed by atoms with Gasteiger partial charge in [-0.3, -0.25) is 0 Å². The number of ether oxygens (including phenoxy) is 2. The summed E-state index contributed by atoms with van der Waals surface area (Å²) in [4.78, 5) is 7.51. The molecule has 0 saturated heterocycles. The van der Waals surface area contributed by atoms with E-state index < -0.39 is 0 Å². The number of nitrogens with one attached hydrogen (secondary N) is 2. The first-order chi connectivity index (χ1) is 14.2. The van der Waals surface area contributed by atoms with Gasteiger partial charge in [-0.15, -0.1) is 0 Å². The molecule has 144 valence electrons. The van der Waals surface area contributed by atoms with Crippen LogP contribution in [0.25, 0.3) is 10.9 Å². The molecule has 0 aliphatic rings. The highest BCUT2D eigenvalue weighted by Crippen LogP contribution is 2.27. The molecule has 0 radical (unpaired) electrons. The van der Waals surface area contributed by atoms with Crippen LogP contribution in [0.4, 0.5) is 11.5 Å². The van der Waals surface area contributed by atoms with Crippen molar-refractivity contribution in [2.75, 3.05) is 19.0 Å². The first-order valence-corrected chi connectivity index (χ1v) is 9.25. The number of nitrogens with zero attached hydrogens (tertiary/aromatic N) is 2. The minimum atomic E-state index is 0.280. The van der Waals surface area contributed by atoms with E-state index in [2.05, 4.69) is 21.4 Å². The van der Waals surface area contributed by atoms with Crippen LogP contribution in [0.15, 0.2) is 66.9 Å². The molecule has 4 rings (SSSR count). The van der Waals surface area contributed by atoms with Gasteiger partial charge < -0.3 is 19.8 Å². The van der Waals surface area contributed by atoms with Gasteiger partial charge in [-0.1, -0.05) is 18.2 Å². The van der Waals surface area contributed by atoms with Crippen molar-refractivity contribution in [1.82, 2.24) is 9.97 Å². The summed E-state index contributed by atoms with van der Waals surface area (Å²) in [5, 5.41) is 13.7. The van der Waals surface area contributed by atoms with Gasteiger partial charge in [0.05, 0.1) is 6.61 Å². The second kappa shape index (κ2) is 8.46. The Morgan fingerprint density at radius 3 is 2.69 bits per heavy atom. The lowest BCUT2D eigenvalue weighted by Gasteiger charge is -2.10. The number of hydrogen-bond acceptors (Lipinski definition) is 5. The first kappa shape index (κ1) is 18.5. The van der Waals surface area contributed by atoms with Gasteiger partial charge >= 0.3 is 0 Å². The Morgan fingerprint density at radius 1 is 1.03 bits per heavy atom. The summed E-state index contributed by atoms with van der Waals surface area (Å²) >= 11 is 0. The lowest BCUT2D eigenvalue weighted by Crippen LogP contribution is -1.97. The molecule has 2 aromatic carbocycles. The van der Waals surface area contributed by atoms with Crippen molar-refractivity contribution in [3.05, 3.63) is 78.1 Å². The van der Waals surface area contributed by atoms with Crippen LogP contribution >= 0.6 is 0 Å². The number of nitriles is 1. The molecule has 6 heteroatoms. The Morgan fingerprint density at radius 2 is 1.90 bits per heavy atom. The molecule has 0 aliphatic carbocycles. The van der Waals surface area contributed by atoms with Crippen LogP contribution in [0.5, 0.6) is 11.5 Å². The van der Waals surface area contributed by atoms with Crippen molar-refractivity contribution in [2.45, 2.75) is 6.42 Å². The lowest BCUT2D eigenvalue weighted by molar-refractivity contribution is 0.202. The summed E-state index contributed by atoms with van der Waals surface area (Å²) in [7, 11) is 1.69. The molecule has 0 unspecified atom stereocenters. The molecule has 4 aromatic rings. The Hall–Kier alpha value is -3.82. The largest absolute Gasteiger partial charge is 0.457 e. The number of anilines is 2. The molecular formula is C23H20N4O2. The zero-order valence-electron chi connectivity index (χ0n) is 16.0. The third kappa shape index (κ3) is 4.54. The maximum atomic E-state index is 9.34. The van der Waals surface area contributed by atoms with E-state index in [0.717, 1.165) is 23.0 Å². The second-order valence-electron chi connectivity index (χ2n) is 6.58. The molecule has 2 N–H and O–H groups in total. The van der Waals surface area contributed by atoms with Crippen molar-refractivity contribution < 1.29 is 9.47 Å². The number of aromatic nitrogens is 2. The maximum absolute atomic E-state index is 9.34. The molecule has 0 bridgehead atoms. The van der Waals surface area contributed by atoms with E-state index in [9.17, 15) is 5.26 Å². The van der Waals surface area contributed by atoms with Crippen molar-refractivity contribution in [3.63, 3.8) is 0 Å². The van der Waals surface area contributed by atoms with Gasteiger partial charge in [0.15, 0.2) is 0 Å². The average molecular weight is 384 g/mol. The molecule has 0 aliphatic heterocycles. The zero-order chi connectivity index (χ0) is 20.1. The fraction of sp³-hybridized carbons (Fsp3) is 0.130. The highest BCUT2D eigenvalue weighted by Gasteiger charge is 2.07. The molecule has 2 aromatic heterocycles. The summed E-state index contributed by atoms with van der Waals surface area (Å²) in [6.45, 7) is 0.680. The predicted molar refractivity (Wildman–Crippen MR) is 113 cm³/mol. The van der Waals surface area contributed by atoms with Gasteiger partial charge in [0.2, 0.25) is 0 Å². The normalized spacial score (nSPS) is 10.6. The van der Waals surface area contributed by atoms with E-state index in [1.165, 1.54) is 5.56 Å². The van der Waals surface area contributed by atoms with Gasteiger partial charge in [-0.25, -0.2) is 4.98 Å². The number of H-pyrrole nitrogens is 1. The third-order valence-corrected chi connectivity index (χ3v) is 4.49. The van der Waals surface area contributed by atoms with Gasteiger partial charge in [-0.05, 0) is 47.7 Å².